The molecular weight excluding hydrogens is 464 g/mol. The SMILES string of the molecule is COc1ccc(CN2COc3cc(C)c4c(c3C2)O/C(=C\c2ccc([N+](=O)[O-])cc2)C4=O)cc1OC. The summed E-state index contributed by atoms with van der Waals surface area (Å²) in [4.78, 5) is 25.8. The number of nitrogens with zero attached hydrogens (tertiary/aromatic N) is 2. The molecule has 0 saturated heterocycles. The van der Waals surface area contributed by atoms with E-state index in [2.05, 4.69) is 4.90 Å². The first-order valence-corrected chi connectivity index (χ1v) is 11.3. The Morgan fingerprint density at radius 3 is 2.53 bits per heavy atom. The average molecular weight is 488 g/mol. The summed E-state index contributed by atoms with van der Waals surface area (Å²) >= 11 is 0. The van der Waals surface area contributed by atoms with Gasteiger partial charge in [0.25, 0.3) is 5.69 Å². The highest BCUT2D eigenvalue weighted by molar-refractivity contribution is 6.15. The number of hydrogen-bond donors (Lipinski definition) is 0. The second kappa shape index (κ2) is 9.35. The van der Waals surface area contributed by atoms with Gasteiger partial charge < -0.3 is 18.9 Å². The predicted octanol–water partition coefficient (Wildman–Crippen LogP) is 4.89. The maximum Gasteiger partial charge on any atom is 0.269 e. The van der Waals surface area contributed by atoms with Crippen LogP contribution < -0.4 is 18.9 Å². The van der Waals surface area contributed by atoms with E-state index in [1.165, 1.54) is 12.1 Å². The fourth-order valence-corrected chi connectivity index (χ4v) is 4.46. The molecule has 3 aromatic rings. The van der Waals surface area contributed by atoms with Crippen LogP contribution in [-0.2, 0) is 13.1 Å². The largest absolute Gasteiger partial charge is 0.493 e. The van der Waals surface area contributed by atoms with Crippen LogP contribution in [-0.4, -0.2) is 36.6 Å². The topological polar surface area (TPSA) is 100 Å². The lowest BCUT2D eigenvalue weighted by atomic mass is 9.98. The van der Waals surface area contributed by atoms with E-state index in [1.807, 2.05) is 31.2 Å². The van der Waals surface area contributed by atoms with E-state index in [-0.39, 0.29) is 17.2 Å². The molecule has 5 rings (SSSR count). The molecule has 2 aliphatic heterocycles. The molecule has 0 bridgehead atoms. The highest BCUT2D eigenvalue weighted by Gasteiger charge is 2.35. The molecule has 184 valence electrons. The van der Waals surface area contributed by atoms with Crippen molar-refractivity contribution in [2.45, 2.75) is 20.0 Å². The lowest BCUT2D eigenvalue weighted by molar-refractivity contribution is -0.384. The van der Waals surface area contributed by atoms with Crippen LogP contribution in [0.3, 0.4) is 0 Å². The molecule has 9 heteroatoms. The molecule has 2 aliphatic rings. The summed E-state index contributed by atoms with van der Waals surface area (Å²) in [6, 6.07) is 13.6. The third-order valence-corrected chi connectivity index (χ3v) is 6.24. The number of rotatable bonds is 6. The summed E-state index contributed by atoms with van der Waals surface area (Å²) in [6.07, 6.45) is 1.60. The van der Waals surface area contributed by atoms with Crippen LogP contribution in [0.5, 0.6) is 23.0 Å². The van der Waals surface area contributed by atoms with Gasteiger partial charge in [0.2, 0.25) is 5.78 Å². The number of carbonyl (C=O) groups excluding carboxylic acids is 1. The number of nitro benzene ring substituents is 1. The van der Waals surface area contributed by atoms with E-state index >= 15 is 0 Å². The number of Topliss-reactive ketones (excluding diaryl/α,β-unsaturated/α-hetero) is 1. The van der Waals surface area contributed by atoms with E-state index < -0.39 is 4.92 Å². The maximum atomic E-state index is 13.2. The minimum absolute atomic E-state index is 0.0178. The maximum absolute atomic E-state index is 13.2. The first-order valence-electron chi connectivity index (χ1n) is 11.3. The van der Waals surface area contributed by atoms with Crippen molar-refractivity contribution in [3.63, 3.8) is 0 Å². The van der Waals surface area contributed by atoms with Crippen molar-refractivity contribution in [3.05, 3.63) is 92.2 Å². The summed E-state index contributed by atoms with van der Waals surface area (Å²) in [5, 5.41) is 10.9. The summed E-state index contributed by atoms with van der Waals surface area (Å²) in [7, 11) is 3.20. The van der Waals surface area contributed by atoms with Crippen LogP contribution in [0, 0.1) is 17.0 Å². The average Bonchev–Trinajstić information content (AvgIpc) is 3.21. The summed E-state index contributed by atoms with van der Waals surface area (Å²) in [5.74, 6) is 2.46. The Morgan fingerprint density at radius 2 is 1.83 bits per heavy atom. The first kappa shape index (κ1) is 23.4. The van der Waals surface area contributed by atoms with Gasteiger partial charge >= 0.3 is 0 Å². The minimum Gasteiger partial charge on any atom is -0.493 e. The summed E-state index contributed by atoms with van der Waals surface area (Å²) < 4.78 is 22.9. The Hall–Kier alpha value is -4.37. The Labute approximate surface area is 207 Å². The van der Waals surface area contributed by atoms with Crippen LogP contribution in [0.25, 0.3) is 6.08 Å². The molecule has 0 unspecified atom stereocenters. The lowest BCUT2D eigenvalue weighted by Crippen LogP contribution is -2.31. The van der Waals surface area contributed by atoms with Crippen molar-refractivity contribution in [1.29, 1.82) is 0 Å². The number of non-ortho nitro benzene ring substituents is 1. The van der Waals surface area contributed by atoms with E-state index in [0.29, 0.717) is 53.9 Å². The number of carbonyl (C=O) groups is 1. The summed E-state index contributed by atoms with van der Waals surface area (Å²) in [6.45, 7) is 3.37. The van der Waals surface area contributed by atoms with Gasteiger partial charge in [0.1, 0.15) is 18.2 Å². The lowest BCUT2D eigenvalue weighted by Gasteiger charge is -2.30. The van der Waals surface area contributed by atoms with Crippen LogP contribution in [0.1, 0.15) is 32.6 Å². The normalized spacial score (nSPS) is 15.6. The van der Waals surface area contributed by atoms with Gasteiger partial charge in [-0.3, -0.25) is 19.8 Å². The van der Waals surface area contributed by atoms with Crippen LogP contribution in [0.4, 0.5) is 5.69 Å². The quantitative estimate of drug-likeness (QED) is 0.275. The zero-order chi connectivity index (χ0) is 25.4. The van der Waals surface area contributed by atoms with Crippen LogP contribution in [0.15, 0.2) is 54.3 Å². The van der Waals surface area contributed by atoms with Gasteiger partial charge in [-0.25, -0.2) is 0 Å². The molecule has 3 aromatic carbocycles. The molecule has 2 heterocycles. The van der Waals surface area contributed by atoms with Crippen molar-refractivity contribution in [2.24, 2.45) is 0 Å². The molecule has 0 atom stereocenters. The van der Waals surface area contributed by atoms with Gasteiger partial charge in [-0.1, -0.05) is 6.07 Å². The third kappa shape index (κ3) is 4.25. The second-order valence-corrected chi connectivity index (χ2v) is 8.61. The standard InChI is InChI=1S/C27H24N2O7/c1-16-10-22-20(14-28(15-35-22)13-18-6-9-21(33-2)23(12-18)34-3)27-25(16)26(30)24(36-27)11-17-4-7-19(8-5-17)29(31)32/h4-12H,13-15H2,1-3H3/b24-11-. The van der Waals surface area contributed by atoms with E-state index in [1.54, 1.807) is 32.4 Å². The van der Waals surface area contributed by atoms with Crippen molar-refractivity contribution >= 4 is 17.5 Å². The number of aryl methyl sites for hydroxylation is 1. The van der Waals surface area contributed by atoms with Gasteiger partial charge in [-0.05, 0) is 60.0 Å². The predicted molar refractivity (Wildman–Crippen MR) is 131 cm³/mol. The molecule has 9 nitrogen and oxygen atoms in total. The molecule has 0 spiro atoms. The number of methoxy groups -OCH3 is 2. The minimum atomic E-state index is -0.465. The van der Waals surface area contributed by atoms with Crippen molar-refractivity contribution in [1.82, 2.24) is 4.90 Å². The van der Waals surface area contributed by atoms with E-state index in [4.69, 9.17) is 18.9 Å². The molecule has 0 radical (unpaired) electrons. The molecule has 0 amide bonds. The van der Waals surface area contributed by atoms with Crippen molar-refractivity contribution in [3.8, 4) is 23.0 Å². The smallest absolute Gasteiger partial charge is 0.269 e. The number of benzene rings is 3. The van der Waals surface area contributed by atoms with Crippen molar-refractivity contribution < 1.29 is 28.7 Å². The van der Waals surface area contributed by atoms with Crippen molar-refractivity contribution in [2.75, 3.05) is 21.0 Å². The Morgan fingerprint density at radius 1 is 1.08 bits per heavy atom. The Kier molecular flexibility index (Phi) is 6.07. The zero-order valence-corrected chi connectivity index (χ0v) is 20.1. The van der Waals surface area contributed by atoms with Gasteiger partial charge in [0, 0.05) is 25.2 Å². The highest BCUT2D eigenvalue weighted by Crippen LogP contribution is 2.44. The zero-order valence-electron chi connectivity index (χ0n) is 20.1. The molecule has 36 heavy (non-hydrogen) atoms. The first-order chi connectivity index (χ1) is 17.4. The number of ketones is 1. The third-order valence-electron chi connectivity index (χ3n) is 6.24. The molecule has 0 fully saturated rings. The second-order valence-electron chi connectivity index (χ2n) is 8.61. The number of allylic oxidation sites excluding steroid dienone is 1. The Balaban J connectivity index is 1.41. The van der Waals surface area contributed by atoms with E-state index in [0.717, 1.165) is 16.7 Å². The fraction of sp³-hybridized carbons (Fsp3) is 0.222. The Bertz CT molecular complexity index is 1400. The molecule has 0 saturated carbocycles. The fourth-order valence-electron chi connectivity index (χ4n) is 4.46. The van der Waals surface area contributed by atoms with Crippen LogP contribution >= 0.6 is 0 Å². The molecule has 0 aliphatic carbocycles. The van der Waals surface area contributed by atoms with E-state index in [9.17, 15) is 14.9 Å². The van der Waals surface area contributed by atoms with Gasteiger partial charge in [-0.15, -0.1) is 0 Å². The van der Waals surface area contributed by atoms with Gasteiger partial charge in [0.15, 0.2) is 17.3 Å². The number of fused-ring (bicyclic) bond motifs is 3. The van der Waals surface area contributed by atoms with Gasteiger partial charge in [0.05, 0.1) is 30.3 Å². The summed E-state index contributed by atoms with van der Waals surface area (Å²) in [5.41, 5.74) is 3.74. The van der Waals surface area contributed by atoms with Crippen LogP contribution in [0.2, 0.25) is 0 Å². The van der Waals surface area contributed by atoms with Gasteiger partial charge in [-0.2, -0.15) is 0 Å². The highest BCUT2D eigenvalue weighted by atomic mass is 16.6. The number of ether oxygens (including phenoxy) is 4. The molecular formula is C27H24N2O7. The number of nitro groups is 1. The molecule has 0 N–H and O–H groups in total. The molecule has 0 aromatic heterocycles. The monoisotopic (exact) mass is 488 g/mol. The number of hydrogen-bond acceptors (Lipinski definition) is 8.